The number of carboxylic acid groups (broad SMARTS) is 1. The minimum absolute atomic E-state index is 0.136. The van der Waals surface area contributed by atoms with Gasteiger partial charge in [-0.25, -0.2) is 9.82 Å². The van der Waals surface area contributed by atoms with Crippen LogP contribution in [0.1, 0.15) is 5.56 Å². The quantitative estimate of drug-likeness (QED) is 0.426. The molecule has 0 fully saturated rings. The molecule has 2 rings (SSSR count). The van der Waals surface area contributed by atoms with Crippen molar-refractivity contribution in [1.29, 1.82) is 0 Å². The molecular weight excluding hydrogens is 381 g/mol. The van der Waals surface area contributed by atoms with E-state index in [1.54, 1.807) is 0 Å². The fourth-order valence-corrected chi connectivity index (χ4v) is 2.00. The smallest absolute Gasteiger partial charge is 0.329 e. The van der Waals surface area contributed by atoms with Gasteiger partial charge in [-0.3, -0.25) is 9.59 Å². The molecule has 0 saturated carbocycles. The number of ether oxygens (including phenoxy) is 1. The molecule has 0 aliphatic heterocycles. The second-order valence-electron chi connectivity index (χ2n) is 5.00. The number of halogens is 2. The number of carbonyl (C=O) groups excluding carboxylic acids is 3. The molecule has 2 aromatic rings. The molecule has 8 nitrogen and oxygen atoms in total. The van der Waals surface area contributed by atoms with E-state index in [2.05, 4.69) is 10.4 Å². The molecule has 0 atom stereocenters. The number of carboxylic acids is 1. The van der Waals surface area contributed by atoms with Crippen molar-refractivity contribution in [3.8, 4) is 5.75 Å². The number of amides is 2. The summed E-state index contributed by atoms with van der Waals surface area (Å²) >= 11 is 5.85. The van der Waals surface area contributed by atoms with E-state index in [4.69, 9.17) is 16.3 Å². The molecule has 2 N–H and O–H groups in total. The summed E-state index contributed by atoms with van der Waals surface area (Å²) in [6, 6.07) is 9.12. The first kappa shape index (κ1) is 19.9. The molecule has 10 heteroatoms. The van der Waals surface area contributed by atoms with Crippen molar-refractivity contribution in [1.82, 2.24) is 5.43 Å². The van der Waals surface area contributed by atoms with E-state index < -0.39 is 30.2 Å². The second kappa shape index (κ2) is 9.30. The van der Waals surface area contributed by atoms with Gasteiger partial charge in [0.1, 0.15) is 18.2 Å². The van der Waals surface area contributed by atoms with Gasteiger partial charge in [-0.2, -0.15) is 5.10 Å². The molecule has 0 unspecified atom stereocenters. The summed E-state index contributed by atoms with van der Waals surface area (Å²) in [5.74, 6) is -3.86. The highest BCUT2D eigenvalue weighted by atomic mass is 35.5. The van der Waals surface area contributed by atoms with Gasteiger partial charge >= 0.3 is 11.8 Å². The number of carbonyl (C=O) groups is 3. The summed E-state index contributed by atoms with van der Waals surface area (Å²) < 4.78 is 17.8. The Morgan fingerprint density at radius 1 is 1.15 bits per heavy atom. The van der Waals surface area contributed by atoms with Gasteiger partial charge in [-0.1, -0.05) is 11.6 Å². The Labute approximate surface area is 157 Å². The molecule has 0 aromatic heterocycles. The summed E-state index contributed by atoms with van der Waals surface area (Å²) in [4.78, 5) is 33.9. The molecule has 140 valence electrons. The Balaban J connectivity index is 1.98. The van der Waals surface area contributed by atoms with E-state index in [1.807, 2.05) is 5.43 Å². The summed E-state index contributed by atoms with van der Waals surface area (Å²) in [7, 11) is 0. The lowest BCUT2D eigenvalue weighted by Crippen LogP contribution is -2.32. The fourth-order valence-electron chi connectivity index (χ4n) is 1.82. The lowest BCUT2D eigenvalue weighted by Gasteiger charge is -2.09. The third-order valence-corrected chi connectivity index (χ3v) is 3.23. The van der Waals surface area contributed by atoms with Gasteiger partial charge in [0.15, 0.2) is 0 Å². The molecule has 0 bridgehead atoms. The van der Waals surface area contributed by atoms with Crippen molar-refractivity contribution in [2.45, 2.75) is 0 Å². The predicted octanol–water partition coefficient (Wildman–Crippen LogP) is 0.697. The van der Waals surface area contributed by atoms with Gasteiger partial charge in [0, 0.05) is 16.3 Å². The zero-order valence-electron chi connectivity index (χ0n) is 13.6. The molecule has 0 aliphatic carbocycles. The largest absolute Gasteiger partial charge is 0.546 e. The van der Waals surface area contributed by atoms with Crippen LogP contribution in [-0.2, 0) is 14.4 Å². The first-order valence-corrected chi connectivity index (χ1v) is 7.75. The van der Waals surface area contributed by atoms with Crippen LogP contribution in [0, 0.1) is 5.82 Å². The van der Waals surface area contributed by atoms with Crippen molar-refractivity contribution < 1.29 is 28.6 Å². The van der Waals surface area contributed by atoms with Crippen molar-refractivity contribution in [2.75, 3.05) is 11.9 Å². The van der Waals surface area contributed by atoms with Crippen molar-refractivity contribution >= 4 is 41.3 Å². The summed E-state index contributed by atoms with van der Waals surface area (Å²) in [5.41, 5.74) is 2.49. The molecule has 0 radical (unpaired) electrons. The van der Waals surface area contributed by atoms with Crippen LogP contribution in [0.15, 0.2) is 47.6 Å². The average Bonchev–Trinajstić information content (AvgIpc) is 2.62. The Morgan fingerprint density at radius 3 is 2.52 bits per heavy atom. The molecule has 0 spiro atoms. The number of benzene rings is 2. The molecule has 0 heterocycles. The number of hydrogen-bond acceptors (Lipinski definition) is 6. The number of nitrogens with zero attached hydrogens (tertiary/aromatic N) is 1. The van der Waals surface area contributed by atoms with Crippen LogP contribution in [0.5, 0.6) is 5.75 Å². The Morgan fingerprint density at radius 2 is 1.85 bits per heavy atom. The fraction of sp³-hybridized carbons (Fsp3) is 0.0588. The number of anilines is 1. The van der Waals surface area contributed by atoms with Crippen LogP contribution in [0.25, 0.3) is 0 Å². The lowest BCUT2D eigenvalue weighted by molar-refractivity contribution is -0.307. The van der Waals surface area contributed by atoms with Crippen LogP contribution in [0.2, 0.25) is 5.02 Å². The van der Waals surface area contributed by atoms with Gasteiger partial charge in [0.25, 0.3) is 0 Å². The number of nitrogens with one attached hydrogen (secondary N) is 2. The van der Waals surface area contributed by atoms with Crippen molar-refractivity contribution in [3.63, 3.8) is 0 Å². The normalized spacial score (nSPS) is 10.4. The topological polar surface area (TPSA) is 120 Å². The maximum absolute atomic E-state index is 12.8. The number of hydrazone groups is 1. The molecule has 2 aromatic carbocycles. The summed E-state index contributed by atoms with van der Waals surface area (Å²) in [5, 5.41) is 16.7. The lowest BCUT2D eigenvalue weighted by atomic mass is 10.2. The van der Waals surface area contributed by atoms with E-state index in [-0.39, 0.29) is 17.0 Å². The Bertz CT molecular complexity index is 887. The highest BCUT2D eigenvalue weighted by molar-refractivity contribution is 6.39. The van der Waals surface area contributed by atoms with Crippen LogP contribution in [0.3, 0.4) is 0 Å². The number of rotatable bonds is 6. The van der Waals surface area contributed by atoms with Crippen LogP contribution >= 0.6 is 11.6 Å². The Kier molecular flexibility index (Phi) is 6.84. The molecule has 27 heavy (non-hydrogen) atoms. The first-order chi connectivity index (χ1) is 12.8. The number of aliphatic carboxylic acids is 1. The van der Waals surface area contributed by atoms with Crippen LogP contribution < -0.4 is 20.6 Å². The van der Waals surface area contributed by atoms with Crippen molar-refractivity contribution in [3.05, 3.63) is 58.9 Å². The van der Waals surface area contributed by atoms with Gasteiger partial charge in [0.2, 0.25) is 0 Å². The highest BCUT2D eigenvalue weighted by Crippen LogP contribution is 2.21. The molecular formula is C17H12ClFN3O5-. The van der Waals surface area contributed by atoms with E-state index >= 15 is 0 Å². The predicted molar refractivity (Wildman–Crippen MR) is 92.7 cm³/mol. The van der Waals surface area contributed by atoms with E-state index in [1.165, 1.54) is 30.3 Å². The average molecular weight is 393 g/mol. The zero-order valence-corrected chi connectivity index (χ0v) is 14.3. The summed E-state index contributed by atoms with van der Waals surface area (Å²) in [6.07, 6.45) is 1.12. The second-order valence-corrected chi connectivity index (χ2v) is 5.44. The monoisotopic (exact) mass is 392 g/mol. The SMILES string of the molecule is O=C([O-])COc1ccc(Cl)cc1/C=N\NC(=O)C(=O)Nc1ccc(F)cc1. The van der Waals surface area contributed by atoms with Gasteiger partial charge in [-0.05, 0) is 42.5 Å². The third kappa shape index (κ3) is 6.40. The van der Waals surface area contributed by atoms with Crippen LogP contribution in [0.4, 0.5) is 10.1 Å². The maximum Gasteiger partial charge on any atom is 0.329 e. The van der Waals surface area contributed by atoms with Gasteiger partial charge < -0.3 is 20.0 Å². The van der Waals surface area contributed by atoms with E-state index in [0.717, 1.165) is 18.3 Å². The standard InChI is InChI=1S/C17H13ClFN3O5/c18-11-1-6-14(27-9-15(23)24)10(7-11)8-20-22-17(26)16(25)21-13-4-2-12(19)3-5-13/h1-8H,9H2,(H,21,25)(H,22,26)(H,23,24)/p-1/b20-8-. The van der Waals surface area contributed by atoms with Gasteiger partial charge in [0.05, 0.1) is 12.2 Å². The van der Waals surface area contributed by atoms with E-state index in [0.29, 0.717) is 5.02 Å². The minimum Gasteiger partial charge on any atom is -0.546 e. The minimum atomic E-state index is -1.42. The molecule has 0 saturated heterocycles. The first-order valence-electron chi connectivity index (χ1n) is 7.37. The van der Waals surface area contributed by atoms with Gasteiger partial charge in [-0.15, -0.1) is 0 Å². The van der Waals surface area contributed by atoms with Crippen molar-refractivity contribution in [2.24, 2.45) is 5.10 Å². The molecule has 2 amide bonds. The third-order valence-electron chi connectivity index (χ3n) is 3.00. The number of hydrogen-bond donors (Lipinski definition) is 2. The highest BCUT2D eigenvalue weighted by Gasteiger charge is 2.13. The Hall–Kier alpha value is -3.46. The summed E-state index contributed by atoms with van der Waals surface area (Å²) in [6.45, 7) is -0.686. The van der Waals surface area contributed by atoms with Crippen LogP contribution in [-0.4, -0.2) is 30.6 Å². The molecule has 0 aliphatic rings. The van der Waals surface area contributed by atoms with E-state index in [9.17, 15) is 23.9 Å². The maximum atomic E-state index is 12.8. The zero-order chi connectivity index (χ0) is 19.8.